The third-order valence-corrected chi connectivity index (χ3v) is 5.91. The summed E-state index contributed by atoms with van der Waals surface area (Å²) in [5.41, 5.74) is 1.64. The number of nitrogens with one attached hydrogen (secondary N) is 1. The van der Waals surface area contributed by atoms with Crippen molar-refractivity contribution in [2.75, 3.05) is 6.26 Å². The maximum atomic E-state index is 12.2. The largest absolute Gasteiger partial charge is 0.349 e. The van der Waals surface area contributed by atoms with Crippen LogP contribution >= 0.6 is 11.3 Å². The predicted molar refractivity (Wildman–Crippen MR) is 96.0 cm³/mol. The Morgan fingerprint density at radius 1 is 1.21 bits per heavy atom. The zero-order valence-corrected chi connectivity index (χ0v) is 15.9. The predicted octanol–water partition coefficient (Wildman–Crippen LogP) is 3.09. The standard InChI is InChI=1S/C17H22N2O3S2/c1-11(2)17-19-14(10-23-17)9-16(20)18-12(3)13-5-7-15(8-6-13)24(4,21)22/h5-8,10-12H,9H2,1-4H3,(H,18,20). The molecule has 5 nitrogen and oxygen atoms in total. The highest BCUT2D eigenvalue weighted by Crippen LogP contribution is 2.20. The van der Waals surface area contributed by atoms with Crippen molar-refractivity contribution in [2.24, 2.45) is 0 Å². The summed E-state index contributed by atoms with van der Waals surface area (Å²) >= 11 is 1.57. The first-order valence-electron chi connectivity index (χ1n) is 7.70. The summed E-state index contributed by atoms with van der Waals surface area (Å²) < 4.78 is 22.9. The smallest absolute Gasteiger partial charge is 0.226 e. The molecule has 0 aliphatic rings. The summed E-state index contributed by atoms with van der Waals surface area (Å²) in [6.45, 7) is 6.02. The van der Waals surface area contributed by atoms with E-state index in [1.165, 1.54) is 6.26 Å². The fraction of sp³-hybridized carbons (Fsp3) is 0.412. The van der Waals surface area contributed by atoms with Crippen molar-refractivity contribution < 1.29 is 13.2 Å². The number of hydrogen-bond donors (Lipinski definition) is 1. The number of carbonyl (C=O) groups is 1. The molecule has 130 valence electrons. The van der Waals surface area contributed by atoms with Gasteiger partial charge in [0.15, 0.2) is 9.84 Å². The highest BCUT2D eigenvalue weighted by Gasteiger charge is 2.14. The minimum atomic E-state index is -3.21. The van der Waals surface area contributed by atoms with E-state index >= 15 is 0 Å². The molecule has 1 aromatic heterocycles. The lowest BCUT2D eigenvalue weighted by Crippen LogP contribution is -2.28. The fourth-order valence-electron chi connectivity index (χ4n) is 2.21. The van der Waals surface area contributed by atoms with E-state index in [4.69, 9.17) is 0 Å². The van der Waals surface area contributed by atoms with Gasteiger partial charge in [-0.2, -0.15) is 0 Å². The zero-order chi connectivity index (χ0) is 17.9. The van der Waals surface area contributed by atoms with Crippen molar-refractivity contribution in [3.8, 4) is 0 Å². The summed E-state index contributed by atoms with van der Waals surface area (Å²) in [7, 11) is -3.21. The Morgan fingerprint density at radius 2 is 1.83 bits per heavy atom. The molecule has 0 radical (unpaired) electrons. The van der Waals surface area contributed by atoms with Crippen molar-refractivity contribution in [1.82, 2.24) is 10.3 Å². The fourth-order valence-corrected chi connectivity index (χ4v) is 3.68. The molecule has 2 rings (SSSR count). The number of rotatable bonds is 6. The number of nitrogens with zero attached hydrogens (tertiary/aromatic N) is 1. The van der Waals surface area contributed by atoms with Crippen LogP contribution in [0.15, 0.2) is 34.5 Å². The third-order valence-electron chi connectivity index (χ3n) is 3.59. The molecule has 0 fully saturated rings. The Balaban J connectivity index is 1.98. The van der Waals surface area contributed by atoms with Crippen LogP contribution in [0.4, 0.5) is 0 Å². The average Bonchev–Trinajstić information content (AvgIpc) is 2.95. The molecule has 0 spiro atoms. The number of sulfone groups is 1. The molecule has 0 aliphatic heterocycles. The van der Waals surface area contributed by atoms with Gasteiger partial charge in [-0.25, -0.2) is 13.4 Å². The second-order valence-electron chi connectivity index (χ2n) is 6.14. The summed E-state index contributed by atoms with van der Waals surface area (Å²) in [5, 5.41) is 5.86. The molecule has 0 bridgehead atoms. The van der Waals surface area contributed by atoms with E-state index in [1.807, 2.05) is 12.3 Å². The van der Waals surface area contributed by atoms with Crippen LogP contribution in [0.2, 0.25) is 0 Å². The Hall–Kier alpha value is -1.73. The van der Waals surface area contributed by atoms with E-state index < -0.39 is 9.84 Å². The van der Waals surface area contributed by atoms with Crippen molar-refractivity contribution in [2.45, 2.75) is 44.0 Å². The van der Waals surface area contributed by atoms with Gasteiger partial charge in [-0.05, 0) is 24.6 Å². The van der Waals surface area contributed by atoms with E-state index in [0.717, 1.165) is 16.3 Å². The SMILES string of the molecule is CC(C)c1nc(CC(=O)NC(C)c2ccc(S(C)(=O)=O)cc2)cs1. The Bertz CT molecular complexity index is 809. The van der Waals surface area contributed by atoms with Crippen LogP contribution in [-0.2, 0) is 21.1 Å². The van der Waals surface area contributed by atoms with Crippen molar-refractivity contribution in [3.63, 3.8) is 0 Å². The molecular formula is C17H22N2O3S2. The van der Waals surface area contributed by atoms with Gasteiger partial charge in [-0.1, -0.05) is 26.0 Å². The van der Waals surface area contributed by atoms with Gasteiger partial charge in [0.2, 0.25) is 5.91 Å². The number of benzene rings is 1. The number of hydrogen-bond acceptors (Lipinski definition) is 5. The molecule has 1 N–H and O–H groups in total. The second kappa shape index (κ2) is 7.44. The number of thiazole rings is 1. The van der Waals surface area contributed by atoms with Crippen LogP contribution in [-0.4, -0.2) is 25.6 Å². The van der Waals surface area contributed by atoms with Gasteiger partial charge in [0.05, 0.1) is 28.1 Å². The Kier molecular flexibility index (Phi) is 5.77. The van der Waals surface area contributed by atoms with Crippen LogP contribution in [0.1, 0.15) is 49.0 Å². The maximum absolute atomic E-state index is 12.2. The summed E-state index contributed by atoms with van der Waals surface area (Å²) in [5.74, 6) is 0.259. The van der Waals surface area contributed by atoms with Crippen LogP contribution in [0.3, 0.4) is 0 Å². The maximum Gasteiger partial charge on any atom is 0.226 e. The van der Waals surface area contributed by atoms with E-state index in [1.54, 1.807) is 35.6 Å². The zero-order valence-electron chi connectivity index (χ0n) is 14.2. The summed E-state index contributed by atoms with van der Waals surface area (Å²) in [6.07, 6.45) is 1.42. The first kappa shape index (κ1) is 18.6. The average molecular weight is 367 g/mol. The van der Waals surface area contributed by atoms with Crippen molar-refractivity contribution in [1.29, 1.82) is 0 Å². The minimum absolute atomic E-state index is 0.102. The van der Waals surface area contributed by atoms with Crippen molar-refractivity contribution >= 4 is 27.1 Å². The van der Waals surface area contributed by atoms with Gasteiger partial charge in [-0.3, -0.25) is 4.79 Å². The molecule has 1 unspecified atom stereocenters. The molecular weight excluding hydrogens is 344 g/mol. The van der Waals surface area contributed by atoms with Gasteiger partial charge in [0.25, 0.3) is 0 Å². The molecule has 1 atom stereocenters. The molecule has 0 saturated carbocycles. The number of aromatic nitrogens is 1. The minimum Gasteiger partial charge on any atom is -0.349 e. The van der Waals surface area contributed by atoms with Crippen LogP contribution in [0.25, 0.3) is 0 Å². The van der Waals surface area contributed by atoms with E-state index in [-0.39, 0.29) is 23.3 Å². The number of amides is 1. The van der Waals surface area contributed by atoms with Crippen LogP contribution < -0.4 is 5.32 Å². The van der Waals surface area contributed by atoms with Crippen LogP contribution in [0.5, 0.6) is 0 Å². The highest BCUT2D eigenvalue weighted by atomic mass is 32.2. The Morgan fingerprint density at radius 3 is 2.33 bits per heavy atom. The summed E-state index contributed by atoms with van der Waals surface area (Å²) in [6, 6.07) is 6.36. The lowest BCUT2D eigenvalue weighted by molar-refractivity contribution is -0.121. The second-order valence-corrected chi connectivity index (χ2v) is 9.04. The molecule has 24 heavy (non-hydrogen) atoms. The topological polar surface area (TPSA) is 76.1 Å². The van der Waals surface area contributed by atoms with Gasteiger partial charge in [-0.15, -0.1) is 11.3 Å². The van der Waals surface area contributed by atoms with Gasteiger partial charge in [0.1, 0.15) is 0 Å². The first-order chi connectivity index (χ1) is 11.2. The lowest BCUT2D eigenvalue weighted by atomic mass is 10.1. The molecule has 0 aliphatic carbocycles. The molecule has 1 heterocycles. The summed E-state index contributed by atoms with van der Waals surface area (Å²) in [4.78, 5) is 16.9. The lowest BCUT2D eigenvalue weighted by Gasteiger charge is -2.14. The van der Waals surface area contributed by atoms with E-state index in [0.29, 0.717) is 5.92 Å². The monoisotopic (exact) mass is 366 g/mol. The molecule has 0 saturated heterocycles. The van der Waals surface area contributed by atoms with Gasteiger partial charge < -0.3 is 5.32 Å². The molecule has 1 aromatic carbocycles. The normalized spacial score (nSPS) is 13.0. The molecule has 7 heteroatoms. The number of carbonyl (C=O) groups excluding carboxylic acids is 1. The quantitative estimate of drug-likeness (QED) is 0.852. The third kappa shape index (κ3) is 4.88. The van der Waals surface area contributed by atoms with Gasteiger partial charge in [0, 0.05) is 17.6 Å². The van der Waals surface area contributed by atoms with Crippen LogP contribution in [0, 0.1) is 0 Å². The van der Waals surface area contributed by atoms with Gasteiger partial charge >= 0.3 is 0 Å². The molecule has 1 amide bonds. The Labute approximate surface area is 147 Å². The highest BCUT2D eigenvalue weighted by molar-refractivity contribution is 7.90. The van der Waals surface area contributed by atoms with Crippen molar-refractivity contribution in [3.05, 3.63) is 45.9 Å². The first-order valence-corrected chi connectivity index (χ1v) is 10.5. The molecule has 2 aromatic rings. The van der Waals surface area contributed by atoms with E-state index in [2.05, 4.69) is 24.1 Å². The van der Waals surface area contributed by atoms with E-state index in [9.17, 15) is 13.2 Å².